The number of rotatable bonds is 5. The molecule has 0 saturated carbocycles. The lowest BCUT2D eigenvalue weighted by atomic mass is 9.94. The van der Waals surface area contributed by atoms with Crippen molar-refractivity contribution in [2.45, 2.75) is 27.2 Å². The summed E-state index contributed by atoms with van der Waals surface area (Å²) in [5, 5.41) is 0. The molecule has 0 atom stereocenters. The highest BCUT2D eigenvalue weighted by Crippen LogP contribution is 2.26. The fraction of sp³-hybridized carbons (Fsp3) is 0.538. The first-order valence-corrected chi connectivity index (χ1v) is 7.72. The van der Waals surface area contributed by atoms with Gasteiger partial charge in [-0.2, -0.15) is 0 Å². The number of sulfonamides is 1. The van der Waals surface area contributed by atoms with Crippen LogP contribution in [0.5, 0.6) is 5.75 Å². The summed E-state index contributed by atoms with van der Waals surface area (Å²) in [6.07, 6.45) is 0.592. The van der Waals surface area contributed by atoms with E-state index in [9.17, 15) is 8.42 Å². The third-order valence-electron chi connectivity index (χ3n) is 2.63. The second-order valence-corrected chi connectivity index (χ2v) is 7.53. The summed E-state index contributed by atoms with van der Waals surface area (Å²) in [7, 11) is -1.86. The van der Waals surface area contributed by atoms with E-state index in [-0.39, 0.29) is 11.2 Å². The number of hydrogen-bond acceptors (Lipinski definition) is 4. The van der Waals surface area contributed by atoms with Crippen LogP contribution in [-0.2, 0) is 10.0 Å². The monoisotopic (exact) mass is 286 g/mol. The van der Waals surface area contributed by atoms with Crippen molar-refractivity contribution >= 4 is 21.4 Å². The highest BCUT2D eigenvalue weighted by Gasteiger charge is 2.17. The second-order valence-electron chi connectivity index (χ2n) is 5.69. The van der Waals surface area contributed by atoms with E-state index in [1.165, 1.54) is 7.11 Å². The lowest BCUT2D eigenvalue weighted by Crippen LogP contribution is -2.20. The van der Waals surface area contributed by atoms with Gasteiger partial charge >= 0.3 is 0 Å². The highest BCUT2D eigenvalue weighted by molar-refractivity contribution is 7.92. The molecule has 0 fully saturated rings. The molecule has 1 rings (SSSR count). The Hall–Kier alpha value is -1.43. The molecule has 6 heteroatoms. The van der Waals surface area contributed by atoms with Gasteiger partial charge in [-0.15, -0.1) is 0 Å². The van der Waals surface area contributed by atoms with E-state index in [4.69, 9.17) is 10.5 Å². The maximum Gasteiger partial charge on any atom is 0.232 e. The topological polar surface area (TPSA) is 81.4 Å². The SMILES string of the molecule is COc1cc(NS(=O)(=O)CCC(C)(C)C)ccc1N. The first kappa shape index (κ1) is 15.6. The van der Waals surface area contributed by atoms with E-state index in [0.717, 1.165) is 0 Å². The second kappa shape index (κ2) is 5.69. The van der Waals surface area contributed by atoms with E-state index in [1.807, 2.05) is 20.8 Å². The van der Waals surface area contributed by atoms with Gasteiger partial charge in [0.05, 0.1) is 24.2 Å². The molecular formula is C13H22N2O3S. The van der Waals surface area contributed by atoms with Crippen molar-refractivity contribution in [1.82, 2.24) is 0 Å². The number of nitrogen functional groups attached to an aromatic ring is 1. The molecule has 0 unspecified atom stereocenters. The Morgan fingerprint density at radius 1 is 1.32 bits per heavy atom. The van der Waals surface area contributed by atoms with Crippen LogP contribution in [0.3, 0.4) is 0 Å². The average molecular weight is 286 g/mol. The van der Waals surface area contributed by atoms with Gasteiger partial charge in [0.25, 0.3) is 0 Å². The lowest BCUT2D eigenvalue weighted by molar-refractivity contribution is 0.397. The minimum Gasteiger partial charge on any atom is -0.495 e. The molecule has 0 saturated heterocycles. The van der Waals surface area contributed by atoms with Crippen LogP contribution in [0, 0.1) is 5.41 Å². The molecule has 0 bridgehead atoms. The van der Waals surface area contributed by atoms with Gasteiger partial charge < -0.3 is 10.5 Å². The molecule has 3 N–H and O–H groups in total. The Bertz CT molecular complexity index is 533. The summed E-state index contributed by atoms with van der Waals surface area (Å²) in [5.41, 5.74) is 6.59. The number of hydrogen-bond donors (Lipinski definition) is 2. The van der Waals surface area contributed by atoms with Gasteiger partial charge in [-0.3, -0.25) is 4.72 Å². The van der Waals surface area contributed by atoms with Gasteiger partial charge in [0, 0.05) is 6.07 Å². The molecular weight excluding hydrogens is 264 g/mol. The number of benzene rings is 1. The zero-order valence-corrected chi connectivity index (χ0v) is 12.7. The molecule has 0 amide bonds. The number of anilines is 2. The molecule has 0 aliphatic heterocycles. The number of nitrogens with two attached hydrogens (primary N) is 1. The summed E-state index contributed by atoms with van der Waals surface area (Å²) in [6, 6.07) is 4.80. The largest absolute Gasteiger partial charge is 0.495 e. The molecule has 0 spiro atoms. The lowest BCUT2D eigenvalue weighted by Gasteiger charge is -2.18. The summed E-state index contributed by atoms with van der Waals surface area (Å²) < 4.78 is 31.5. The van der Waals surface area contributed by atoms with Crippen LogP contribution < -0.4 is 15.2 Å². The fourth-order valence-corrected chi connectivity index (χ4v) is 2.92. The first-order valence-electron chi connectivity index (χ1n) is 6.07. The van der Waals surface area contributed by atoms with Gasteiger partial charge in [0.1, 0.15) is 5.75 Å². The van der Waals surface area contributed by atoms with Crippen LogP contribution in [0.25, 0.3) is 0 Å². The average Bonchev–Trinajstić information content (AvgIpc) is 2.28. The fourth-order valence-electron chi connectivity index (χ4n) is 1.45. The van der Waals surface area contributed by atoms with Gasteiger partial charge in [0.15, 0.2) is 0 Å². The van der Waals surface area contributed by atoms with E-state index in [0.29, 0.717) is 23.5 Å². The third kappa shape index (κ3) is 5.38. The van der Waals surface area contributed by atoms with Crippen molar-refractivity contribution in [3.8, 4) is 5.75 Å². The van der Waals surface area contributed by atoms with Crippen molar-refractivity contribution in [2.24, 2.45) is 5.41 Å². The Labute approximate surface area is 115 Å². The van der Waals surface area contributed by atoms with Crippen LogP contribution in [0.1, 0.15) is 27.2 Å². The Kier molecular flexibility index (Phi) is 4.68. The van der Waals surface area contributed by atoms with Crippen LogP contribution in [0.2, 0.25) is 0 Å². The van der Waals surface area contributed by atoms with Crippen LogP contribution in [-0.4, -0.2) is 21.3 Å². The molecule has 1 aromatic rings. The van der Waals surface area contributed by atoms with Gasteiger partial charge in [-0.05, 0) is 24.0 Å². The molecule has 0 aliphatic rings. The summed E-state index contributed by atoms with van der Waals surface area (Å²) in [5.74, 6) is 0.541. The predicted octanol–water partition coefficient (Wildman–Crippen LogP) is 2.46. The van der Waals surface area contributed by atoms with Crippen molar-refractivity contribution in [3.63, 3.8) is 0 Å². The maximum absolute atomic E-state index is 11.9. The van der Waals surface area contributed by atoms with Crippen LogP contribution in [0.4, 0.5) is 11.4 Å². The zero-order chi connectivity index (χ0) is 14.7. The predicted molar refractivity (Wildman–Crippen MR) is 78.9 cm³/mol. The third-order valence-corrected chi connectivity index (χ3v) is 3.92. The van der Waals surface area contributed by atoms with Gasteiger partial charge in [0.2, 0.25) is 10.0 Å². The molecule has 19 heavy (non-hydrogen) atoms. The molecule has 108 valence electrons. The van der Waals surface area contributed by atoms with Crippen LogP contribution >= 0.6 is 0 Å². The van der Waals surface area contributed by atoms with E-state index in [1.54, 1.807) is 18.2 Å². The van der Waals surface area contributed by atoms with Gasteiger partial charge in [-0.1, -0.05) is 20.8 Å². The number of nitrogens with one attached hydrogen (secondary N) is 1. The smallest absolute Gasteiger partial charge is 0.232 e. The Balaban J connectivity index is 2.78. The Morgan fingerprint density at radius 2 is 1.95 bits per heavy atom. The van der Waals surface area contributed by atoms with E-state index < -0.39 is 10.0 Å². The molecule has 0 radical (unpaired) electrons. The molecule has 5 nitrogen and oxygen atoms in total. The highest BCUT2D eigenvalue weighted by atomic mass is 32.2. The number of ether oxygens (including phenoxy) is 1. The van der Waals surface area contributed by atoms with Gasteiger partial charge in [-0.25, -0.2) is 8.42 Å². The van der Waals surface area contributed by atoms with Crippen molar-refractivity contribution in [1.29, 1.82) is 0 Å². The summed E-state index contributed by atoms with van der Waals surface area (Å²) in [6.45, 7) is 6.03. The Morgan fingerprint density at radius 3 is 2.47 bits per heavy atom. The van der Waals surface area contributed by atoms with E-state index >= 15 is 0 Å². The quantitative estimate of drug-likeness (QED) is 0.815. The van der Waals surface area contributed by atoms with Crippen molar-refractivity contribution in [3.05, 3.63) is 18.2 Å². The first-order chi connectivity index (χ1) is 8.63. The standard InChI is InChI=1S/C13H22N2O3S/c1-13(2,3)7-8-19(16,17)15-10-5-6-11(14)12(9-10)18-4/h5-6,9,15H,7-8,14H2,1-4H3. The zero-order valence-electron chi connectivity index (χ0n) is 11.9. The summed E-state index contributed by atoms with van der Waals surface area (Å²) >= 11 is 0. The normalized spacial score (nSPS) is 12.2. The van der Waals surface area contributed by atoms with E-state index in [2.05, 4.69) is 4.72 Å². The molecule has 0 aliphatic carbocycles. The minimum absolute atomic E-state index is 0.0203. The maximum atomic E-state index is 11.9. The molecule has 0 heterocycles. The van der Waals surface area contributed by atoms with Crippen LogP contribution in [0.15, 0.2) is 18.2 Å². The minimum atomic E-state index is -3.35. The van der Waals surface area contributed by atoms with Crippen molar-refractivity contribution in [2.75, 3.05) is 23.3 Å². The summed E-state index contributed by atoms with van der Waals surface area (Å²) in [4.78, 5) is 0. The molecule has 0 aromatic heterocycles. The molecule has 1 aromatic carbocycles. The van der Waals surface area contributed by atoms with Crippen molar-refractivity contribution < 1.29 is 13.2 Å². The number of methoxy groups -OCH3 is 1.